The summed E-state index contributed by atoms with van der Waals surface area (Å²) in [6.45, 7) is 1.09. The number of benzene rings is 1. The molecule has 0 aliphatic rings. The topological polar surface area (TPSA) is 72.5 Å². The lowest BCUT2D eigenvalue weighted by atomic mass is 9.98. The van der Waals surface area contributed by atoms with Crippen LogP contribution in [0, 0.1) is 12.3 Å². The van der Waals surface area contributed by atoms with E-state index in [1.165, 1.54) is 6.92 Å². The van der Waals surface area contributed by atoms with Gasteiger partial charge >= 0.3 is 5.97 Å². The minimum Gasteiger partial charge on any atom is -0.512 e. The molecule has 0 fully saturated rings. The van der Waals surface area contributed by atoms with E-state index in [2.05, 4.69) is 5.92 Å². The predicted molar refractivity (Wildman–Crippen MR) is 78.5 cm³/mol. The van der Waals surface area contributed by atoms with Crippen LogP contribution in [0.3, 0.4) is 0 Å². The molecule has 3 N–H and O–H groups in total. The van der Waals surface area contributed by atoms with Gasteiger partial charge in [0.15, 0.2) is 6.61 Å². The third-order valence-corrected chi connectivity index (χ3v) is 3.18. The van der Waals surface area contributed by atoms with Gasteiger partial charge in [-0.05, 0) is 19.1 Å². The molecule has 0 spiro atoms. The molecule has 0 aliphatic heterocycles. The van der Waals surface area contributed by atoms with Gasteiger partial charge in [0.1, 0.15) is 5.76 Å². The van der Waals surface area contributed by atoms with Crippen LogP contribution in [0.4, 0.5) is 0 Å². The van der Waals surface area contributed by atoms with E-state index in [1.807, 2.05) is 0 Å². The van der Waals surface area contributed by atoms with E-state index >= 15 is 0 Å². The van der Waals surface area contributed by atoms with Crippen LogP contribution in [0.1, 0.15) is 18.5 Å². The van der Waals surface area contributed by atoms with Crippen LogP contribution in [-0.2, 0) is 9.53 Å². The van der Waals surface area contributed by atoms with E-state index < -0.39 is 12.0 Å². The van der Waals surface area contributed by atoms with Crippen LogP contribution >= 0.6 is 23.2 Å². The number of aliphatic hydroxyl groups is 1. The molecular weight excluding hydrogens is 301 g/mol. The highest BCUT2D eigenvalue weighted by atomic mass is 35.5. The fourth-order valence-corrected chi connectivity index (χ4v) is 2.27. The molecule has 0 bridgehead atoms. The third-order valence-electron chi connectivity index (χ3n) is 2.52. The van der Waals surface area contributed by atoms with Crippen molar-refractivity contribution >= 4 is 29.2 Å². The highest BCUT2D eigenvalue weighted by Crippen LogP contribution is 2.33. The second-order valence-electron chi connectivity index (χ2n) is 3.89. The molecule has 1 aromatic carbocycles. The molecule has 1 aromatic rings. The summed E-state index contributed by atoms with van der Waals surface area (Å²) in [5.41, 5.74) is 6.16. The maximum atomic E-state index is 11.9. The summed E-state index contributed by atoms with van der Waals surface area (Å²) in [6.07, 6.45) is 5.01. The van der Waals surface area contributed by atoms with Gasteiger partial charge < -0.3 is 15.6 Å². The second kappa shape index (κ2) is 7.20. The highest BCUT2D eigenvalue weighted by Gasteiger charge is 2.26. The number of rotatable bonds is 4. The van der Waals surface area contributed by atoms with Gasteiger partial charge in [-0.15, -0.1) is 6.42 Å². The predicted octanol–water partition coefficient (Wildman–Crippen LogP) is 3.00. The van der Waals surface area contributed by atoms with Crippen molar-refractivity contribution in [1.82, 2.24) is 0 Å². The number of ether oxygens (including phenoxy) is 1. The fraction of sp³-hybridized carbons (Fsp3) is 0.214. The SMILES string of the molecule is C#CCOC(=O)/C(=C(\C)O)C(N)c1c(Cl)cccc1Cl. The van der Waals surface area contributed by atoms with Crippen molar-refractivity contribution in [3.63, 3.8) is 0 Å². The van der Waals surface area contributed by atoms with Crippen LogP contribution < -0.4 is 5.73 Å². The molecule has 1 unspecified atom stereocenters. The fourth-order valence-electron chi connectivity index (χ4n) is 1.64. The summed E-state index contributed by atoms with van der Waals surface area (Å²) in [7, 11) is 0. The lowest BCUT2D eigenvalue weighted by Gasteiger charge is -2.18. The van der Waals surface area contributed by atoms with Crippen molar-refractivity contribution in [1.29, 1.82) is 0 Å². The molecule has 1 rings (SSSR count). The Morgan fingerprint density at radius 1 is 1.50 bits per heavy atom. The van der Waals surface area contributed by atoms with Crippen molar-refractivity contribution < 1.29 is 14.6 Å². The van der Waals surface area contributed by atoms with Gasteiger partial charge in [0.05, 0.1) is 11.6 Å². The Morgan fingerprint density at radius 3 is 2.50 bits per heavy atom. The number of nitrogens with two attached hydrogens (primary N) is 1. The molecule has 1 atom stereocenters. The molecule has 0 amide bonds. The maximum absolute atomic E-state index is 11.9. The standard InChI is InChI=1S/C14H13Cl2NO3/c1-3-7-20-14(19)11(8(2)18)13(17)12-9(15)5-4-6-10(12)16/h1,4-6,13,18H,7,17H2,2H3/b11-8+. The van der Waals surface area contributed by atoms with Gasteiger partial charge in [-0.1, -0.05) is 35.2 Å². The molecule has 0 radical (unpaired) electrons. The van der Waals surface area contributed by atoms with Crippen LogP contribution in [0.25, 0.3) is 0 Å². The minimum absolute atomic E-state index is 0.143. The number of allylic oxidation sites excluding steroid dienone is 1. The van der Waals surface area contributed by atoms with Crippen molar-refractivity contribution in [2.45, 2.75) is 13.0 Å². The van der Waals surface area contributed by atoms with Crippen molar-refractivity contribution in [2.75, 3.05) is 6.61 Å². The second-order valence-corrected chi connectivity index (χ2v) is 4.71. The number of halogens is 2. The van der Waals surface area contributed by atoms with Crippen LogP contribution in [0.2, 0.25) is 10.0 Å². The smallest absolute Gasteiger partial charge is 0.340 e. The number of carbonyl (C=O) groups is 1. The molecule has 0 saturated carbocycles. The molecule has 0 heterocycles. The first-order chi connectivity index (χ1) is 9.40. The van der Waals surface area contributed by atoms with Crippen LogP contribution in [0.15, 0.2) is 29.5 Å². The molecule has 0 aliphatic carbocycles. The van der Waals surface area contributed by atoms with Crippen LogP contribution in [-0.4, -0.2) is 17.7 Å². The van der Waals surface area contributed by atoms with Gasteiger partial charge in [0.25, 0.3) is 0 Å². The lowest BCUT2D eigenvalue weighted by Crippen LogP contribution is -2.23. The van der Waals surface area contributed by atoms with E-state index in [4.69, 9.17) is 40.1 Å². The van der Waals surface area contributed by atoms with E-state index in [9.17, 15) is 9.90 Å². The summed E-state index contributed by atoms with van der Waals surface area (Å²) >= 11 is 12.1. The largest absolute Gasteiger partial charge is 0.512 e. The van der Waals surface area contributed by atoms with E-state index in [1.54, 1.807) is 18.2 Å². The molecule has 4 nitrogen and oxygen atoms in total. The first kappa shape index (κ1) is 16.4. The van der Waals surface area contributed by atoms with E-state index in [-0.39, 0.29) is 28.0 Å². The number of hydrogen-bond acceptors (Lipinski definition) is 4. The third kappa shape index (κ3) is 3.67. The zero-order valence-electron chi connectivity index (χ0n) is 10.7. The van der Waals surface area contributed by atoms with Gasteiger partial charge in [0, 0.05) is 15.6 Å². The highest BCUT2D eigenvalue weighted by molar-refractivity contribution is 6.36. The van der Waals surface area contributed by atoms with E-state index in [0.717, 1.165) is 0 Å². The van der Waals surface area contributed by atoms with Crippen LogP contribution in [0.5, 0.6) is 0 Å². The minimum atomic E-state index is -1.02. The zero-order chi connectivity index (χ0) is 15.3. The maximum Gasteiger partial charge on any atom is 0.340 e. The van der Waals surface area contributed by atoms with Gasteiger partial charge in [-0.2, -0.15) is 0 Å². The summed E-state index contributed by atoms with van der Waals surface area (Å²) in [4.78, 5) is 11.9. The molecule has 20 heavy (non-hydrogen) atoms. The Hall–Kier alpha value is -1.67. The number of terminal acetylenes is 1. The molecule has 106 valence electrons. The van der Waals surface area contributed by atoms with Crippen molar-refractivity contribution in [3.05, 3.63) is 45.1 Å². The molecule has 6 heteroatoms. The summed E-state index contributed by atoms with van der Waals surface area (Å²) in [6, 6.07) is 3.79. The first-order valence-corrected chi connectivity index (χ1v) is 6.35. The Kier molecular flexibility index (Phi) is 5.90. The van der Waals surface area contributed by atoms with Gasteiger partial charge in [0.2, 0.25) is 0 Å². The zero-order valence-corrected chi connectivity index (χ0v) is 12.2. The molecule has 0 aromatic heterocycles. The lowest BCUT2D eigenvalue weighted by molar-refractivity contribution is -0.138. The number of esters is 1. The summed E-state index contributed by atoms with van der Waals surface area (Å²) in [5.74, 6) is 1.06. The Bertz CT molecular complexity index is 566. The van der Waals surface area contributed by atoms with Gasteiger partial charge in [-0.3, -0.25) is 0 Å². The average molecular weight is 314 g/mol. The molecule has 0 saturated heterocycles. The Balaban J connectivity index is 3.21. The normalized spacial score (nSPS) is 13.2. The van der Waals surface area contributed by atoms with Crippen molar-refractivity contribution in [2.24, 2.45) is 5.73 Å². The number of aliphatic hydroxyl groups excluding tert-OH is 1. The van der Waals surface area contributed by atoms with Gasteiger partial charge in [-0.25, -0.2) is 4.79 Å². The monoisotopic (exact) mass is 313 g/mol. The first-order valence-electron chi connectivity index (χ1n) is 5.60. The Morgan fingerprint density at radius 2 is 2.05 bits per heavy atom. The molecular formula is C14H13Cl2NO3. The quantitative estimate of drug-likeness (QED) is 0.388. The Labute approximate surface area is 127 Å². The van der Waals surface area contributed by atoms with E-state index in [0.29, 0.717) is 5.56 Å². The number of carbonyl (C=O) groups excluding carboxylic acids is 1. The number of hydrogen-bond donors (Lipinski definition) is 2. The summed E-state index contributed by atoms with van der Waals surface area (Å²) in [5, 5.41) is 10.2. The summed E-state index contributed by atoms with van der Waals surface area (Å²) < 4.78 is 4.78. The average Bonchev–Trinajstić information content (AvgIpc) is 2.35. The van der Waals surface area contributed by atoms with Crippen molar-refractivity contribution in [3.8, 4) is 12.3 Å².